The predicted octanol–water partition coefficient (Wildman–Crippen LogP) is 7.01. The summed E-state index contributed by atoms with van der Waals surface area (Å²) in [5, 5.41) is 40.1. The number of benzene rings is 2. The molecule has 2 aromatic carbocycles. The van der Waals surface area contributed by atoms with Crippen LogP contribution in [0.3, 0.4) is 0 Å². The third-order valence-electron chi connectivity index (χ3n) is 6.09. The molecule has 2 aromatic rings. The Balaban J connectivity index is 0.000000360. The summed E-state index contributed by atoms with van der Waals surface area (Å²) in [5.41, 5.74) is 1.98. The average Bonchev–Trinajstić information content (AvgIpc) is 2.68. The molecule has 0 aliphatic rings. The van der Waals surface area contributed by atoms with Crippen LogP contribution in [0, 0.1) is 0 Å². The summed E-state index contributed by atoms with van der Waals surface area (Å²) in [6, 6.07) is 3.64. The molecule has 0 aliphatic heterocycles. The van der Waals surface area contributed by atoms with Gasteiger partial charge in [-0.05, 0) is 32.8 Å². The van der Waals surface area contributed by atoms with Gasteiger partial charge in [0.05, 0.1) is 11.1 Å². The number of carbonyl (C=O) groups is 2. The largest absolute Gasteiger partial charge is 0.504 e. The summed E-state index contributed by atoms with van der Waals surface area (Å²) in [4.78, 5) is 22.3. The SMILES string of the molecule is CC(C)(C)c1cc(C(C)(C)C)c(C=O)c(O)c1O.CC(C)(C)c1cc(C(C)(C)C)c(C=O)c(O)c1O. The molecule has 2 rings (SSSR count). The van der Waals surface area contributed by atoms with Gasteiger partial charge in [0.2, 0.25) is 0 Å². The summed E-state index contributed by atoms with van der Waals surface area (Å²) >= 11 is 0. The molecule has 0 bridgehead atoms. The fraction of sp³-hybridized carbons (Fsp3) is 0.533. The molecule has 0 spiro atoms. The smallest absolute Gasteiger partial charge is 0.168 e. The molecule has 0 amide bonds. The lowest BCUT2D eigenvalue weighted by atomic mass is 9.77. The Kier molecular flexibility index (Phi) is 8.75. The first-order chi connectivity index (χ1) is 16.0. The van der Waals surface area contributed by atoms with Crippen LogP contribution in [0.1, 0.15) is 126 Å². The summed E-state index contributed by atoms with van der Waals surface area (Å²) in [5.74, 6) is -1.03. The molecule has 6 heteroatoms. The summed E-state index contributed by atoms with van der Waals surface area (Å²) < 4.78 is 0. The normalized spacial score (nSPS) is 12.6. The van der Waals surface area contributed by atoms with Crippen LogP contribution in [0.25, 0.3) is 0 Å². The minimum Gasteiger partial charge on any atom is -0.504 e. The second-order valence-electron chi connectivity index (χ2n) is 13.4. The maximum absolute atomic E-state index is 11.1. The Hall–Kier alpha value is -3.02. The van der Waals surface area contributed by atoms with E-state index in [1.165, 1.54) is 0 Å². The molecule has 0 aliphatic carbocycles. The van der Waals surface area contributed by atoms with Crippen LogP contribution in [0.4, 0.5) is 0 Å². The topological polar surface area (TPSA) is 115 Å². The highest BCUT2D eigenvalue weighted by Crippen LogP contribution is 2.44. The van der Waals surface area contributed by atoms with Gasteiger partial charge < -0.3 is 20.4 Å². The van der Waals surface area contributed by atoms with E-state index in [1.807, 2.05) is 95.2 Å². The number of aromatic hydroxyl groups is 4. The van der Waals surface area contributed by atoms with Crippen molar-refractivity contribution in [3.05, 3.63) is 45.5 Å². The second-order valence-corrected chi connectivity index (χ2v) is 13.4. The van der Waals surface area contributed by atoms with E-state index in [2.05, 4.69) is 0 Å². The molecule has 0 heterocycles. The van der Waals surface area contributed by atoms with Crippen LogP contribution in [0.5, 0.6) is 23.0 Å². The number of hydrogen-bond donors (Lipinski definition) is 4. The van der Waals surface area contributed by atoms with Crippen molar-refractivity contribution in [3.8, 4) is 23.0 Å². The minimum absolute atomic E-state index is 0.174. The van der Waals surface area contributed by atoms with Gasteiger partial charge in [-0.3, -0.25) is 9.59 Å². The summed E-state index contributed by atoms with van der Waals surface area (Å²) in [7, 11) is 0. The van der Waals surface area contributed by atoms with E-state index in [1.54, 1.807) is 0 Å². The third-order valence-corrected chi connectivity index (χ3v) is 6.09. The maximum atomic E-state index is 11.1. The van der Waals surface area contributed by atoms with Gasteiger partial charge in [-0.2, -0.15) is 0 Å². The lowest BCUT2D eigenvalue weighted by Crippen LogP contribution is -2.18. The first-order valence-electron chi connectivity index (χ1n) is 12.1. The van der Waals surface area contributed by atoms with Crippen molar-refractivity contribution in [1.82, 2.24) is 0 Å². The Morgan fingerprint density at radius 2 is 0.667 bits per heavy atom. The first-order valence-corrected chi connectivity index (χ1v) is 12.1. The molecule has 0 fully saturated rings. The van der Waals surface area contributed by atoms with Crippen molar-refractivity contribution in [2.24, 2.45) is 0 Å². The first kappa shape index (κ1) is 31.0. The monoisotopic (exact) mass is 500 g/mol. The lowest BCUT2D eigenvalue weighted by Gasteiger charge is -2.27. The molecule has 200 valence electrons. The number of phenolic OH excluding ortho intramolecular Hbond substituents is 4. The quantitative estimate of drug-likeness (QED) is 0.260. The number of aldehydes is 2. The molecule has 0 aromatic heterocycles. The second kappa shape index (κ2) is 10.2. The standard InChI is InChI=1S/2C15H22O3/c2*1-14(2,3)10-7-11(15(4,5)6)13(18)12(17)9(10)8-16/h2*7-8,17-18H,1-6H3. The van der Waals surface area contributed by atoms with Gasteiger partial charge in [0.15, 0.2) is 35.6 Å². The van der Waals surface area contributed by atoms with E-state index in [-0.39, 0.29) is 55.8 Å². The van der Waals surface area contributed by atoms with Crippen molar-refractivity contribution in [3.63, 3.8) is 0 Å². The van der Waals surface area contributed by atoms with E-state index < -0.39 is 0 Å². The zero-order valence-corrected chi connectivity index (χ0v) is 23.9. The molecular weight excluding hydrogens is 456 g/mol. The highest BCUT2D eigenvalue weighted by atomic mass is 16.3. The van der Waals surface area contributed by atoms with Crippen molar-refractivity contribution >= 4 is 12.6 Å². The van der Waals surface area contributed by atoms with Crippen LogP contribution in [0.2, 0.25) is 0 Å². The van der Waals surface area contributed by atoms with E-state index in [0.29, 0.717) is 23.7 Å². The van der Waals surface area contributed by atoms with Crippen molar-refractivity contribution in [2.45, 2.75) is 105 Å². The van der Waals surface area contributed by atoms with Crippen molar-refractivity contribution < 1.29 is 30.0 Å². The lowest BCUT2D eigenvalue weighted by molar-refractivity contribution is 0.111. The highest BCUT2D eigenvalue weighted by molar-refractivity contribution is 5.85. The zero-order chi connectivity index (χ0) is 28.6. The number of rotatable bonds is 2. The highest BCUT2D eigenvalue weighted by Gasteiger charge is 2.30. The van der Waals surface area contributed by atoms with Crippen LogP contribution >= 0.6 is 0 Å². The summed E-state index contributed by atoms with van der Waals surface area (Å²) in [6.07, 6.45) is 1.20. The molecule has 6 nitrogen and oxygen atoms in total. The van der Waals surface area contributed by atoms with Gasteiger partial charge >= 0.3 is 0 Å². The minimum atomic E-state index is -0.317. The van der Waals surface area contributed by atoms with Gasteiger partial charge in [-0.25, -0.2) is 0 Å². The van der Waals surface area contributed by atoms with E-state index in [9.17, 15) is 30.0 Å². The van der Waals surface area contributed by atoms with Crippen LogP contribution in [-0.2, 0) is 21.7 Å². The molecule has 0 radical (unpaired) electrons. The molecule has 0 saturated heterocycles. The molecule has 0 unspecified atom stereocenters. The van der Waals surface area contributed by atoms with Crippen molar-refractivity contribution in [1.29, 1.82) is 0 Å². The van der Waals surface area contributed by atoms with Gasteiger partial charge in [-0.1, -0.05) is 95.2 Å². The average molecular weight is 501 g/mol. The van der Waals surface area contributed by atoms with Crippen LogP contribution < -0.4 is 0 Å². The molecule has 36 heavy (non-hydrogen) atoms. The molecule has 0 saturated carbocycles. The number of carbonyl (C=O) groups excluding carboxylic acids is 2. The van der Waals surface area contributed by atoms with Gasteiger partial charge in [0, 0.05) is 11.1 Å². The zero-order valence-electron chi connectivity index (χ0n) is 23.9. The van der Waals surface area contributed by atoms with Crippen molar-refractivity contribution in [2.75, 3.05) is 0 Å². The van der Waals surface area contributed by atoms with Gasteiger partial charge in [-0.15, -0.1) is 0 Å². The Morgan fingerprint density at radius 3 is 0.833 bits per heavy atom. The number of phenols is 4. The maximum Gasteiger partial charge on any atom is 0.168 e. The predicted molar refractivity (Wildman–Crippen MR) is 145 cm³/mol. The van der Waals surface area contributed by atoms with Crippen LogP contribution in [0.15, 0.2) is 12.1 Å². The fourth-order valence-corrected chi connectivity index (χ4v) is 3.97. The Labute approximate surface area is 216 Å². The van der Waals surface area contributed by atoms with Crippen LogP contribution in [-0.4, -0.2) is 33.0 Å². The van der Waals surface area contributed by atoms with Gasteiger partial charge in [0.1, 0.15) is 0 Å². The summed E-state index contributed by atoms with van der Waals surface area (Å²) in [6.45, 7) is 23.5. The Morgan fingerprint density at radius 1 is 0.444 bits per heavy atom. The number of hydrogen-bond acceptors (Lipinski definition) is 6. The van der Waals surface area contributed by atoms with E-state index >= 15 is 0 Å². The van der Waals surface area contributed by atoms with Gasteiger partial charge in [0.25, 0.3) is 0 Å². The Bertz CT molecular complexity index is 1040. The fourth-order valence-electron chi connectivity index (χ4n) is 3.97. The molecule has 4 N–H and O–H groups in total. The third kappa shape index (κ3) is 6.59. The molecule has 0 atom stereocenters. The van der Waals surface area contributed by atoms with E-state index in [0.717, 1.165) is 11.1 Å². The van der Waals surface area contributed by atoms with E-state index in [4.69, 9.17) is 0 Å². The molecular formula is C30H44O6.